The average molecular weight is 411 g/mol. The van der Waals surface area contributed by atoms with Crippen molar-refractivity contribution in [3.8, 4) is 0 Å². The molecule has 0 heterocycles. The number of hydrogen-bond acceptors (Lipinski definition) is 6. The molecule has 1 amide bonds. The van der Waals surface area contributed by atoms with Crippen molar-refractivity contribution in [3.63, 3.8) is 0 Å². The molecule has 0 spiro atoms. The molecule has 0 radical (unpaired) electrons. The molecule has 0 unspecified atom stereocenters. The summed E-state index contributed by atoms with van der Waals surface area (Å²) in [7, 11) is 0. The Hall–Kier alpha value is -3.42. The smallest absolute Gasteiger partial charge is 0.338 e. The topological polar surface area (TPSA) is 111 Å². The second-order valence-corrected chi connectivity index (χ2v) is 7.62. The lowest BCUT2D eigenvalue weighted by molar-refractivity contribution is -0.384. The van der Waals surface area contributed by atoms with Crippen LogP contribution < -0.4 is 10.6 Å². The molecular formula is C22H25N3O5. The molecule has 30 heavy (non-hydrogen) atoms. The number of carbonyl (C=O) groups is 2. The fourth-order valence-corrected chi connectivity index (χ4v) is 2.99. The maximum Gasteiger partial charge on any atom is 0.338 e. The minimum Gasteiger partial charge on any atom is -0.452 e. The van der Waals surface area contributed by atoms with E-state index >= 15 is 0 Å². The van der Waals surface area contributed by atoms with Crippen molar-refractivity contribution in [1.82, 2.24) is 5.32 Å². The van der Waals surface area contributed by atoms with Crippen LogP contribution in [0.4, 0.5) is 11.4 Å². The third-order valence-electron chi connectivity index (χ3n) is 5.11. The normalized spacial score (nSPS) is 14.0. The maximum absolute atomic E-state index is 12.3. The van der Waals surface area contributed by atoms with Crippen LogP contribution in [0.15, 0.2) is 36.4 Å². The summed E-state index contributed by atoms with van der Waals surface area (Å²) >= 11 is 0. The zero-order chi connectivity index (χ0) is 21.8. The summed E-state index contributed by atoms with van der Waals surface area (Å²) in [5, 5.41) is 17.2. The average Bonchev–Trinajstić information content (AvgIpc) is 3.52. The number of nitro groups is 1. The fraction of sp³-hybridized carbons (Fsp3) is 0.364. The Bertz CT molecular complexity index is 985. The van der Waals surface area contributed by atoms with Crippen LogP contribution in [-0.2, 0) is 9.53 Å². The van der Waals surface area contributed by atoms with Gasteiger partial charge in [-0.2, -0.15) is 0 Å². The van der Waals surface area contributed by atoms with Crippen molar-refractivity contribution >= 4 is 23.3 Å². The standard InChI is InChI=1S/C22H25N3O5/c1-13-4-5-16(10-14(13)2)15(3)23-21(26)12-30-22(27)17-6-9-19(24-18-7-8-18)20(11-17)25(28)29/h4-6,9-11,15,18,24H,7-8,12H2,1-3H3,(H,23,26)/t15-/m1/s1. The second-order valence-electron chi connectivity index (χ2n) is 7.62. The van der Waals surface area contributed by atoms with Crippen LogP contribution >= 0.6 is 0 Å². The molecule has 1 atom stereocenters. The molecule has 3 rings (SSSR count). The molecule has 0 aliphatic heterocycles. The molecule has 0 bridgehead atoms. The van der Waals surface area contributed by atoms with Crippen molar-refractivity contribution in [2.45, 2.75) is 45.7 Å². The van der Waals surface area contributed by atoms with Gasteiger partial charge in [0, 0.05) is 12.1 Å². The number of carbonyl (C=O) groups excluding carboxylic acids is 2. The molecule has 2 N–H and O–H groups in total. The van der Waals surface area contributed by atoms with Gasteiger partial charge in [-0.05, 0) is 62.4 Å². The number of ether oxygens (including phenoxy) is 1. The van der Waals surface area contributed by atoms with Crippen LogP contribution in [-0.4, -0.2) is 29.4 Å². The van der Waals surface area contributed by atoms with Crippen molar-refractivity contribution < 1.29 is 19.2 Å². The molecule has 0 saturated heterocycles. The number of nitrogens with one attached hydrogen (secondary N) is 2. The number of esters is 1. The third-order valence-corrected chi connectivity index (χ3v) is 5.11. The second kappa shape index (κ2) is 8.94. The Balaban J connectivity index is 1.57. The Morgan fingerprint density at radius 1 is 1.17 bits per heavy atom. The maximum atomic E-state index is 12.3. The molecule has 1 aliphatic rings. The number of amides is 1. The quantitative estimate of drug-likeness (QED) is 0.388. The van der Waals surface area contributed by atoms with Gasteiger partial charge in [-0.3, -0.25) is 14.9 Å². The summed E-state index contributed by atoms with van der Waals surface area (Å²) in [5.74, 6) is -1.24. The zero-order valence-electron chi connectivity index (χ0n) is 17.2. The van der Waals surface area contributed by atoms with Gasteiger partial charge in [0.15, 0.2) is 6.61 Å². The van der Waals surface area contributed by atoms with E-state index in [-0.39, 0.29) is 23.3 Å². The van der Waals surface area contributed by atoms with Gasteiger partial charge in [0.25, 0.3) is 11.6 Å². The molecule has 2 aromatic rings. The number of aryl methyl sites for hydroxylation is 2. The molecule has 0 aromatic heterocycles. The summed E-state index contributed by atoms with van der Waals surface area (Å²) in [6.45, 7) is 5.39. The minimum absolute atomic E-state index is 0.0260. The van der Waals surface area contributed by atoms with Crippen LogP contribution in [0.2, 0.25) is 0 Å². The molecule has 2 aromatic carbocycles. The highest BCUT2D eigenvalue weighted by Crippen LogP contribution is 2.31. The molecule has 1 aliphatic carbocycles. The monoisotopic (exact) mass is 411 g/mol. The van der Waals surface area contributed by atoms with Crippen molar-refractivity contribution in [1.29, 1.82) is 0 Å². The highest BCUT2D eigenvalue weighted by molar-refractivity contribution is 5.93. The first kappa shape index (κ1) is 21.3. The minimum atomic E-state index is -0.787. The van der Waals surface area contributed by atoms with Gasteiger partial charge in [-0.15, -0.1) is 0 Å². The number of rotatable bonds is 8. The predicted molar refractivity (Wildman–Crippen MR) is 112 cm³/mol. The van der Waals surface area contributed by atoms with E-state index in [9.17, 15) is 19.7 Å². The van der Waals surface area contributed by atoms with E-state index in [1.807, 2.05) is 39.0 Å². The number of anilines is 1. The van der Waals surface area contributed by atoms with Gasteiger partial charge < -0.3 is 15.4 Å². The fourth-order valence-electron chi connectivity index (χ4n) is 2.99. The Morgan fingerprint density at radius 2 is 1.90 bits per heavy atom. The summed E-state index contributed by atoms with van der Waals surface area (Å²) in [4.78, 5) is 35.2. The van der Waals surface area contributed by atoms with Crippen molar-refractivity contribution in [3.05, 3.63) is 68.8 Å². The first-order valence-corrected chi connectivity index (χ1v) is 9.83. The molecule has 8 nitrogen and oxygen atoms in total. The molecular weight excluding hydrogens is 386 g/mol. The Kier molecular flexibility index (Phi) is 6.34. The lowest BCUT2D eigenvalue weighted by Crippen LogP contribution is -2.31. The molecule has 158 valence electrons. The van der Waals surface area contributed by atoms with E-state index in [1.54, 1.807) is 0 Å². The first-order chi connectivity index (χ1) is 14.2. The predicted octanol–water partition coefficient (Wildman–Crippen LogP) is 3.82. The van der Waals surface area contributed by atoms with Gasteiger partial charge in [0.05, 0.1) is 16.5 Å². The van der Waals surface area contributed by atoms with E-state index in [0.717, 1.165) is 24.0 Å². The van der Waals surface area contributed by atoms with E-state index in [0.29, 0.717) is 5.69 Å². The van der Waals surface area contributed by atoms with E-state index in [1.165, 1.54) is 23.8 Å². The SMILES string of the molecule is Cc1ccc([C@@H](C)NC(=O)COC(=O)c2ccc(NC3CC3)c([N+](=O)[O-])c2)cc1C. The number of hydrogen-bond donors (Lipinski definition) is 2. The summed E-state index contributed by atoms with van der Waals surface area (Å²) in [5.41, 5.74) is 3.45. The highest BCUT2D eigenvalue weighted by atomic mass is 16.6. The molecule has 8 heteroatoms. The Labute approximate surface area is 174 Å². The lowest BCUT2D eigenvalue weighted by Gasteiger charge is -2.16. The first-order valence-electron chi connectivity index (χ1n) is 9.83. The summed E-state index contributed by atoms with van der Waals surface area (Å²) < 4.78 is 5.04. The zero-order valence-corrected chi connectivity index (χ0v) is 17.2. The van der Waals surface area contributed by atoms with E-state index < -0.39 is 23.4 Å². The van der Waals surface area contributed by atoms with Crippen LogP contribution in [0.3, 0.4) is 0 Å². The van der Waals surface area contributed by atoms with Crippen molar-refractivity contribution in [2.24, 2.45) is 0 Å². The van der Waals surface area contributed by atoms with Crippen LogP contribution in [0.1, 0.15) is 52.9 Å². The van der Waals surface area contributed by atoms with Crippen LogP contribution in [0, 0.1) is 24.0 Å². The van der Waals surface area contributed by atoms with E-state index in [2.05, 4.69) is 10.6 Å². The molecule has 1 fully saturated rings. The van der Waals surface area contributed by atoms with Crippen LogP contribution in [0.5, 0.6) is 0 Å². The third kappa shape index (κ3) is 5.34. The van der Waals surface area contributed by atoms with Gasteiger partial charge in [-0.1, -0.05) is 18.2 Å². The molecule has 1 saturated carbocycles. The highest BCUT2D eigenvalue weighted by Gasteiger charge is 2.26. The number of nitro benzene ring substituents is 1. The number of benzene rings is 2. The van der Waals surface area contributed by atoms with Gasteiger partial charge >= 0.3 is 5.97 Å². The largest absolute Gasteiger partial charge is 0.452 e. The van der Waals surface area contributed by atoms with Gasteiger partial charge in [-0.25, -0.2) is 4.79 Å². The summed E-state index contributed by atoms with van der Waals surface area (Å²) in [6.07, 6.45) is 1.94. The Morgan fingerprint density at radius 3 is 2.53 bits per heavy atom. The lowest BCUT2D eigenvalue weighted by atomic mass is 10.0. The van der Waals surface area contributed by atoms with Crippen molar-refractivity contribution in [2.75, 3.05) is 11.9 Å². The van der Waals surface area contributed by atoms with Gasteiger partial charge in [0.1, 0.15) is 5.69 Å². The van der Waals surface area contributed by atoms with Gasteiger partial charge in [0.2, 0.25) is 0 Å². The number of nitrogens with zero attached hydrogens (tertiary/aromatic N) is 1. The van der Waals surface area contributed by atoms with Crippen LogP contribution in [0.25, 0.3) is 0 Å². The summed E-state index contributed by atoms with van der Waals surface area (Å²) in [6, 6.07) is 10.0. The van der Waals surface area contributed by atoms with E-state index in [4.69, 9.17) is 4.74 Å².